The first-order valence-corrected chi connectivity index (χ1v) is 6.12. The molecule has 0 amide bonds. The molecular weight excluding hydrogens is 229 g/mol. The highest BCUT2D eigenvalue weighted by Crippen LogP contribution is 2.37. The second-order valence-electron chi connectivity index (χ2n) is 5.67. The van der Waals surface area contributed by atoms with Crippen molar-refractivity contribution < 1.29 is 14.0 Å². The highest BCUT2D eigenvalue weighted by Gasteiger charge is 2.52. The van der Waals surface area contributed by atoms with Gasteiger partial charge in [0, 0.05) is 23.4 Å². The van der Waals surface area contributed by atoms with Gasteiger partial charge in [0.1, 0.15) is 5.75 Å². The third-order valence-corrected chi connectivity index (χ3v) is 3.81. The topological polar surface area (TPSA) is 40.6 Å². The van der Waals surface area contributed by atoms with Crippen LogP contribution in [-0.4, -0.2) is 30.4 Å². The lowest BCUT2D eigenvalue weighted by Crippen LogP contribution is -2.41. The van der Waals surface area contributed by atoms with Crippen molar-refractivity contribution in [2.75, 3.05) is 7.11 Å². The zero-order valence-electron chi connectivity index (χ0n) is 11.9. The molecule has 0 aromatic carbocycles. The maximum Gasteiger partial charge on any atom is 0.500 e. The predicted octanol–water partition coefficient (Wildman–Crippen LogP) is 1.70. The first-order valence-electron chi connectivity index (χ1n) is 6.12. The molecule has 18 heavy (non-hydrogen) atoms. The van der Waals surface area contributed by atoms with Gasteiger partial charge in [0.05, 0.1) is 18.3 Å². The van der Waals surface area contributed by atoms with Gasteiger partial charge in [0.15, 0.2) is 0 Å². The zero-order chi connectivity index (χ0) is 13.6. The van der Waals surface area contributed by atoms with E-state index in [1.54, 1.807) is 19.5 Å². The van der Waals surface area contributed by atoms with Crippen LogP contribution in [0, 0.1) is 6.92 Å². The Kier molecular flexibility index (Phi) is 3.15. The summed E-state index contributed by atoms with van der Waals surface area (Å²) in [6, 6.07) is 0. The standard InChI is InChI=1S/C13H20BNO3/c1-9-7-15-8-10(11(9)16-6)14-17-12(2,3)13(4,5)18-14/h7-8H,1-6H3. The summed E-state index contributed by atoms with van der Waals surface area (Å²) in [4.78, 5) is 4.19. The fourth-order valence-electron chi connectivity index (χ4n) is 1.99. The van der Waals surface area contributed by atoms with Crippen LogP contribution in [0.3, 0.4) is 0 Å². The van der Waals surface area contributed by atoms with E-state index < -0.39 is 7.12 Å². The van der Waals surface area contributed by atoms with E-state index in [4.69, 9.17) is 14.0 Å². The summed E-state index contributed by atoms with van der Waals surface area (Å²) in [6.45, 7) is 10.1. The monoisotopic (exact) mass is 249 g/mol. The molecule has 1 aliphatic heterocycles. The van der Waals surface area contributed by atoms with Crippen molar-refractivity contribution in [2.45, 2.75) is 45.8 Å². The van der Waals surface area contributed by atoms with Gasteiger partial charge in [0.2, 0.25) is 0 Å². The van der Waals surface area contributed by atoms with Crippen LogP contribution in [0.25, 0.3) is 0 Å². The number of hydrogen-bond donors (Lipinski definition) is 0. The molecule has 1 aromatic heterocycles. The SMILES string of the molecule is COc1c(C)cncc1B1OC(C)(C)C(C)(C)O1. The largest absolute Gasteiger partial charge is 0.500 e. The van der Waals surface area contributed by atoms with Crippen LogP contribution in [0.5, 0.6) is 5.75 Å². The molecule has 0 saturated carbocycles. The molecule has 98 valence electrons. The van der Waals surface area contributed by atoms with Gasteiger partial charge in [-0.15, -0.1) is 0 Å². The van der Waals surface area contributed by atoms with Crippen molar-refractivity contribution in [3.63, 3.8) is 0 Å². The fourth-order valence-corrected chi connectivity index (χ4v) is 1.99. The summed E-state index contributed by atoms with van der Waals surface area (Å²) >= 11 is 0. The molecule has 2 rings (SSSR count). The Morgan fingerprint density at radius 1 is 1.11 bits per heavy atom. The number of aryl methyl sites for hydroxylation is 1. The lowest BCUT2D eigenvalue weighted by atomic mass is 9.79. The number of aromatic nitrogens is 1. The number of pyridine rings is 1. The number of ether oxygens (including phenoxy) is 1. The molecule has 0 atom stereocenters. The van der Waals surface area contributed by atoms with Crippen LogP contribution in [0.15, 0.2) is 12.4 Å². The second kappa shape index (κ2) is 4.25. The van der Waals surface area contributed by atoms with E-state index in [0.717, 1.165) is 16.8 Å². The molecule has 5 heteroatoms. The minimum atomic E-state index is -0.433. The summed E-state index contributed by atoms with van der Waals surface area (Å²) in [5, 5.41) is 0. The van der Waals surface area contributed by atoms with E-state index in [9.17, 15) is 0 Å². The molecule has 0 aliphatic carbocycles. The third kappa shape index (κ3) is 2.02. The van der Waals surface area contributed by atoms with Gasteiger partial charge in [-0.05, 0) is 34.6 Å². The Morgan fingerprint density at radius 3 is 2.17 bits per heavy atom. The van der Waals surface area contributed by atoms with E-state index in [1.807, 2.05) is 34.6 Å². The van der Waals surface area contributed by atoms with Gasteiger partial charge >= 0.3 is 7.12 Å². The maximum absolute atomic E-state index is 6.01. The van der Waals surface area contributed by atoms with E-state index in [0.29, 0.717) is 0 Å². The first-order chi connectivity index (χ1) is 8.28. The summed E-state index contributed by atoms with van der Waals surface area (Å²) < 4.78 is 17.4. The molecule has 0 radical (unpaired) electrons. The average molecular weight is 249 g/mol. The van der Waals surface area contributed by atoms with Crippen LogP contribution < -0.4 is 10.2 Å². The van der Waals surface area contributed by atoms with Gasteiger partial charge in [-0.2, -0.15) is 0 Å². The Balaban J connectivity index is 2.38. The molecule has 0 N–H and O–H groups in total. The average Bonchev–Trinajstić information content (AvgIpc) is 2.47. The minimum absolute atomic E-state index is 0.355. The zero-order valence-corrected chi connectivity index (χ0v) is 11.9. The summed E-state index contributed by atoms with van der Waals surface area (Å²) in [6.07, 6.45) is 3.52. The maximum atomic E-state index is 6.01. The van der Waals surface area contributed by atoms with Crippen LogP contribution in [0.4, 0.5) is 0 Å². The number of hydrogen-bond acceptors (Lipinski definition) is 4. The van der Waals surface area contributed by atoms with Crippen molar-refractivity contribution in [2.24, 2.45) is 0 Å². The van der Waals surface area contributed by atoms with E-state index in [1.165, 1.54) is 0 Å². The Morgan fingerprint density at radius 2 is 1.67 bits per heavy atom. The highest BCUT2D eigenvalue weighted by molar-refractivity contribution is 6.63. The molecule has 0 unspecified atom stereocenters. The molecular formula is C13H20BNO3. The second-order valence-corrected chi connectivity index (χ2v) is 5.67. The third-order valence-electron chi connectivity index (χ3n) is 3.81. The minimum Gasteiger partial charge on any atom is -0.497 e. The Hall–Kier alpha value is -1.07. The van der Waals surface area contributed by atoms with Gasteiger partial charge < -0.3 is 14.0 Å². The van der Waals surface area contributed by atoms with Crippen molar-refractivity contribution in [1.82, 2.24) is 4.98 Å². The molecule has 1 saturated heterocycles. The molecule has 0 bridgehead atoms. The molecule has 4 nitrogen and oxygen atoms in total. The van der Waals surface area contributed by atoms with Gasteiger partial charge in [0.25, 0.3) is 0 Å². The number of nitrogens with zero attached hydrogens (tertiary/aromatic N) is 1. The van der Waals surface area contributed by atoms with E-state index >= 15 is 0 Å². The smallest absolute Gasteiger partial charge is 0.497 e. The molecule has 0 spiro atoms. The molecule has 1 fully saturated rings. The molecule has 1 aliphatic rings. The van der Waals surface area contributed by atoms with Gasteiger partial charge in [-0.1, -0.05) is 0 Å². The van der Waals surface area contributed by atoms with Gasteiger partial charge in [-0.25, -0.2) is 0 Å². The molecule has 2 heterocycles. The normalized spacial score (nSPS) is 21.1. The number of rotatable bonds is 2. The van der Waals surface area contributed by atoms with Crippen molar-refractivity contribution in [3.8, 4) is 5.75 Å². The van der Waals surface area contributed by atoms with Crippen molar-refractivity contribution in [3.05, 3.63) is 18.0 Å². The number of methoxy groups -OCH3 is 1. The van der Waals surface area contributed by atoms with E-state index in [-0.39, 0.29) is 11.2 Å². The first kappa shape index (κ1) is 13.4. The highest BCUT2D eigenvalue weighted by atomic mass is 16.7. The van der Waals surface area contributed by atoms with E-state index in [2.05, 4.69) is 4.98 Å². The van der Waals surface area contributed by atoms with Gasteiger partial charge in [-0.3, -0.25) is 4.98 Å². The lowest BCUT2D eigenvalue weighted by molar-refractivity contribution is 0.00578. The molecule has 1 aromatic rings. The Bertz CT molecular complexity index is 444. The predicted molar refractivity (Wildman–Crippen MR) is 71.2 cm³/mol. The van der Waals surface area contributed by atoms with Crippen LogP contribution >= 0.6 is 0 Å². The van der Waals surface area contributed by atoms with Crippen LogP contribution in [0.1, 0.15) is 33.3 Å². The fraction of sp³-hybridized carbons (Fsp3) is 0.615. The summed E-state index contributed by atoms with van der Waals surface area (Å²) in [7, 11) is 1.22. The van der Waals surface area contributed by atoms with Crippen molar-refractivity contribution in [1.29, 1.82) is 0 Å². The quantitative estimate of drug-likeness (QED) is 0.748. The van der Waals surface area contributed by atoms with Crippen LogP contribution in [0.2, 0.25) is 0 Å². The lowest BCUT2D eigenvalue weighted by Gasteiger charge is -2.32. The van der Waals surface area contributed by atoms with Crippen molar-refractivity contribution >= 4 is 12.6 Å². The summed E-state index contributed by atoms with van der Waals surface area (Å²) in [5.74, 6) is 0.781. The van der Waals surface area contributed by atoms with Crippen LogP contribution in [-0.2, 0) is 9.31 Å². The summed E-state index contributed by atoms with van der Waals surface area (Å²) in [5.41, 5.74) is 1.11. The Labute approximate surface area is 109 Å².